The summed E-state index contributed by atoms with van der Waals surface area (Å²) in [6.07, 6.45) is 22.0. The van der Waals surface area contributed by atoms with Crippen LogP contribution in [0.25, 0.3) is 0 Å². The zero-order valence-corrected chi connectivity index (χ0v) is 20.4. The van der Waals surface area contributed by atoms with Crippen molar-refractivity contribution in [3.8, 4) is 12.3 Å². The number of carbonyl (C=O) groups excluding carboxylic acids is 2. The minimum atomic E-state index is -1.18. The molecule has 0 aromatic heterocycles. The third-order valence-corrected chi connectivity index (χ3v) is 9.30. The Bertz CT molecular complexity index is 863. The summed E-state index contributed by atoms with van der Waals surface area (Å²) in [7, 11) is 0. The molecule has 33 heavy (non-hydrogen) atoms. The molecule has 0 spiro atoms. The SMILES string of the molecule is C#C[C@]1(O)C=C[C@H]2[C@@H]3CCC4=CC(=O)C[C@H](OC(=O)CCCCCCC)[C@@H]4[C@H]3CC[C@@]21CC. The number of ketones is 1. The number of esters is 1. The van der Waals surface area contributed by atoms with Gasteiger partial charge in [0.15, 0.2) is 5.78 Å². The standard InChI is InChI=1S/C29H40O4/c1-4-7-8-9-10-11-26(31)33-25-19-21(30)18-20-12-13-22-23(27(20)25)14-16-28(5-2)24(22)15-17-29(28,32)6-3/h3,15,17-18,22-25,27,32H,4-5,7-14,16,19H2,1-2H3/t22-,23+,24+,25+,27+,28+,29+/m1/s1. The van der Waals surface area contributed by atoms with Gasteiger partial charge in [-0.3, -0.25) is 9.59 Å². The Labute approximate surface area is 199 Å². The van der Waals surface area contributed by atoms with Crippen molar-refractivity contribution in [3.05, 3.63) is 23.8 Å². The first-order valence-electron chi connectivity index (χ1n) is 13.2. The van der Waals surface area contributed by atoms with Crippen molar-refractivity contribution in [1.29, 1.82) is 0 Å². The quantitative estimate of drug-likeness (QED) is 0.227. The molecule has 4 heteroatoms. The minimum absolute atomic E-state index is 0.0848. The maximum atomic E-state index is 12.7. The van der Waals surface area contributed by atoms with Gasteiger partial charge in [-0.05, 0) is 68.4 Å². The predicted octanol–water partition coefficient (Wildman–Crippen LogP) is 5.54. The lowest BCUT2D eigenvalue weighted by atomic mass is 9.49. The molecule has 4 nitrogen and oxygen atoms in total. The Hall–Kier alpha value is -1.86. The highest BCUT2D eigenvalue weighted by Crippen LogP contribution is 2.63. The summed E-state index contributed by atoms with van der Waals surface area (Å²) in [5, 5.41) is 11.3. The smallest absolute Gasteiger partial charge is 0.306 e. The zero-order chi connectivity index (χ0) is 23.6. The van der Waals surface area contributed by atoms with Crippen LogP contribution in [0.3, 0.4) is 0 Å². The van der Waals surface area contributed by atoms with Gasteiger partial charge in [-0.15, -0.1) is 6.42 Å². The maximum Gasteiger partial charge on any atom is 0.306 e. The molecule has 0 aliphatic heterocycles. The van der Waals surface area contributed by atoms with Gasteiger partial charge in [-0.25, -0.2) is 0 Å². The number of fused-ring (bicyclic) bond motifs is 5. The summed E-state index contributed by atoms with van der Waals surface area (Å²) in [5.41, 5.74) is -0.315. The number of hydrogen-bond acceptors (Lipinski definition) is 4. The van der Waals surface area contributed by atoms with Gasteiger partial charge in [0.05, 0.1) is 0 Å². The van der Waals surface area contributed by atoms with Crippen molar-refractivity contribution in [3.63, 3.8) is 0 Å². The molecular weight excluding hydrogens is 412 g/mol. The third-order valence-electron chi connectivity index (χ3n) is 9.30. The van der Waals surface area contributed by atoms with Gasteiger partial charge in [-0.2, -0.15) is 0 Å². The lowest BCUT2D eigenvalue weighted by Gasteiger charge is -2.56. The molecule has 0 bridgehead atoms. The Morgan fingerprint density at radius 1 is 1.21 bits per heavy atom. The number of allylic oxidation sites excluding steroid dienone is 2. The highest BCUT2D eigenvalue weighted by molar-refractivity contribution is 5.92. The number of terminal acetylenes is 1. The van der Waals surface area contributed by atoms with Crippen molar-refractivity contribution < 1.29 is 19.4 Å². The van der Waals surface area contributed by atoms with Crippen molar-refractivity contribution in [2.45, 2.75) is 103 Å². The minimum Gasteiger partial charge on any atom is -0.461 e. The molecule has 2 fully saturated rings. The van der Waals surface area contributed by atoms with Crippen molar-refractivity contribution >= 4 is 11.8 Å². The van der Waals surface area contributed by atoms with Gasteiger partial charge in [0.2, 0.25) is 0 Å². The van der Waals surface area contributed by atoms with Crippen LogP contribution in [-0.2, 0) is 14.3 Å². The second kappa shape index (κ2) is 9.79. The van der Waals surface area contributed by atoms with E-state index >= 15 is 0 Å². The molecule has 7 atom stereocenters. The lowest BCUT2D eigenvalue weighted by molar-refractivity contribution is -0.158. The molecule has 4 aliphatic carbocycles. The average Bonchev–Trinajstić information content (AvgIpc) is 3.11. The van der Waals surface area contributed by atoms with Gasteiger partial charge in [0.1, 0.15) is 11.7 Å². The number of ether oxygens (including phenoxy) is 1. The van der Waals surface area contributed by atoms with E-state index in [2.05, 4.69) is 25.8 Å². The van der Waals surface area contributed by atoms with Crippen LogP contribution in [0, 0.1) is 41.4 Å². The second-order valence-electron chi connectivity index (χ2n) is 10.8. The van der Waals surface area contributed by atoms with E-state index in [9.17, 15) is 14.7 Å². The molecule has 0 saturated heterocycles. The fraction of sp³-hybridized carbons (Fsp3) is 0.724. The second-order valence-corrected chi connectivity index (χ2v) is 10.8. The van der Waals surface area contributed by atoms with Crippen LogP contribution < -0.4 is 0 Å². The van der Waals surface area contributed by atoms with Gasteiger partial charge >= 0.3 is 5.97 Å². The van der Waals surface area contributed by atoms with Crippen LogP contribution in [0.1, 0.15) is 90.9 Å². The van der Waals surface area contributed by atoms with E-state index in [-0.39, 0.29) is 35.1 Å². The van der Waals surface area contributed by atoms with Gasteiger partial charge in [-0.1, -0.05) is 57.1 Å². The lowest BCUT2D eigenvalue weighted by Crippen LogP contribution is -2.55. The van der Waals surface area contributed by atoms with E-state index in [0.29, 0.717) is 24.7 Å². The van der Waals surface area contributed by atoms with Crippen molar-refractivity contribution in [2.24, 2.45) is 29.1 Å². The number of aliphatic hydroxyl groups is 1. The van der Waals surface area contributed by atoms with Crippen LogP contribution in [0.4, 0.5) is 0 Å². The monoisotopic (exact) mass is 452 g/mol. The molecular formula is C29H40O4. The summed E-state index contributed by atoms with van der Waals surface area (Å²) in [5.74, 6) is 3.73. The topological polar surface area (TPSA) is 63.6 Å². The van der Waals surface area contributed by atoms with Gasteiger partial charge < -0.3 is 9.84 Å². The molecule has 1 N–H and O–H groups in total. The summed E-state index contributed by atoms with van der Waals surface area (Å²) < 4.78 is 6.01. The van der Waals surface area contributed by atoms with E-state index in [1.807, 2.05) is 12.2 Å². The number of rotatable bonds is 8. The molecule has 4 aliphatic rings. The molecule has 0 aromatic rings. The highest BCUT2D eigenvalue weighted by atomic mass is 16.5. The molecule has 0 aromatic carbocycles. The molecule has 0 heterocycles. The fourth-order valence-corrected chi connectivity index (χ4v) is 7.64. The maximum absolute atomic E-state index is 12.7. The van der Waals surface area contributed by atoms with Crippen LogP contribution >= 0.6 is 0 Å². The molecule has 0 amide bonds. The van der Waals surface area contributed by atoms with Gasteiger partial charge in [0.25, 0.3) is 0 Å². The van der Waals surface area contributed by atoms with E-state index in [1.165, 1.54) is 18.4 Å². The third kappa shape index (κ3) is 4.23. The van der Waals surface area contributed by atoms with E-state index in [4.69, 9.17) is 11.2 Å². The van der Waals surface area contributed by atoms with Crippen molar-refractivity contribution in [1.82, 2.24) is 0 Å². The van der Waals surface area contributed by atoms with E-state index in [0.717, 1.165) is 51.4 Å². The van der Waals surface area contributed by atoms with Crippen LogP contribution in [0.2, 0.25) is 0 Å². The Morgan fingerprint density at radius 3 is 2.73 bits per heavy atom. The highest BCUT2D eigenvalue weighted by Gasteiger charge is 2.62. The van der Waals surface area contributed by atoms with E-state index in [1.54, 1.807) is 0 Å². The Morgan fingerprint density at radius 2 is 2.00 bits per heavy atom. The first-order chi connectivity index (χ1) is 15.9. The number of carbonyl (C=O) groups is 2. The largest absolute Gasteiger partial charge is 0.461 e. The van der Waals surface area contributed by atoms with E-state index < -0.39 is 5.60 Å². The Kier molecular flexibility index (Phi) is 7.20. The van der Waals surface area contributed by atoms with Crippen molar-refractivity contribution in [2.75, 3.05) is 0 Å². The fourth-order valence-electron chi connectivity index (χ4n) is 7.64. The zero-order valence-electron chi connectivity index (χ0n) is 20.4. The molecule has 4 rings (SSSR count). The summed E-state index contributed by atoms with van der Waals surface area (Å²) >= 11 is 0. The predicted molar refractivity (Wildman–Crippen MR) is 129 cm³/mol. The average molecular weight is 453 g/mol. The summed E-state index contributed by atoms with van der Waals surface area (Å²) in [4.78, 5) is 25.1. The molecule has 2 saturated carbocycles. The first-order valence-corrected chi connectivity index (χ1v) is 13.2. The van der Waals surface area contributed by atoms with Crippen LogP contribution in [0.15, 0.2) is 23.8 Å². The van der Waals surface area contributed by atoms with Crippen LogP contribution in [0.5, 0.6) is 0 Å². The van der Waals surface area contributed by atoms with Gasteiger partial charge in [0, 0.05) is 24.2 Å². The Balaban J connectivity index is 1.50. The normalized spacial score (nSPS) is 39.2. The van der Waals surface area contributed by atoms with Crippen LogP contribution in [-0.4, -0.2) is 28.6 Å². The molecule has 180 valence electrons. The summed E-state index contributed by atoms with van der Waals surface area (Å²) in [6, 6.07) is 0. The molecule has 0 unspecified atom stereocenters. The number of unbranched alkanes of at least 4 members (excludes halogenated alkanes) is 4. The summed E-state index contributed by atoms with van der Waals surface area (Å²) in [6.45, 7) is 4.32. The first kappa shape index (κ1) is 24.3. The number of hydrogen-bond donors (Lipinski definition) is 1. The molecule has 0 radical (unpaired) electrons.